The first-order valence-corrected chi connectivity index (χ1v) is 13.8. The Balaban J connectivity index is 1.86. The first kappa shape index (κ1) is 28.1. The zero-order valence-corrected chi connectivity index (χ0v) is 23.3. The topological polar surface area (TPSA) is 136 Å². The summed E-state index contributed by atoms with van der Waals surface area (Å²) in [6.07, 6.45) is 8.78. The van der Waals surface area contributed by atoms with Crippen LogP contribution in [0, 0.1) is 34.0 Å². The molecule has 0 aromatic heterocycles. The number of esters is 1. The van der Waals surface area contributed by atoms with Gasteiger partial charge in [-0.2, -0.15) is 0 Å². The molecule has 0 spiro atoms. The number of hydrogen-bond acceptors (Lipinski definition) is 6. The number of carboxylic acids is 1. The Bertz CT molecular complexity index is 1040. The predicted molar refractivity (Wildman–Crippen MR) is 143 cm³/mol. The van der Waals surface area contributed by atoms with E-state index in [4.69, 9.17) is 16.2 Å². The van der Waals surface area contributed by atoms with Crippen molar-refractivity contribution in [1.82, 2.24) is 0 Å². The summed E-state index contributed by atoms with van der Waals surface area (Å²) in [4.78, 5) is 24.8. The normalized spacial score (nSPS) is 46.5. The minimum atomic E-state index is -1.02. The third-order valence-corrected chi connectivity index (χ3v) is 11.0. The number of carboxylic acid groups (broad SMARTS) is 1. The lowest BCUT2D eigenvalue weighted by Gasteiger charge is -2.69. The Morgan fingerprint density at radius 3 is 2.32 bits per heavy atom. The Morgan fingerprint density at radius 1 is 1.05 bits per heavy atom. The highest BCUT2D eigenvalue weighted by Gasteiger charge is 2.70. The highest BCUT2D eigenvalue weighted by atomic mass is 16.5. The number of allylic oxidation sites excluding steroid dienone is 3. The van der Waals surface area contributed by atoms with E-state index in [1.54, 1.807) is 12.2 Å². The molecule has 0 aliphatic heterocycles. The van der Waals surface area contributed by atoms with Gasteiger partial charge in [0.1, 0.15) is 6.10 Å². The molecule has 7 heteroatoms. The molecule has 0 heterocycles. The molecule has 4 aliphatic carbocycles. The van der Waals surface area contributed by atoms with Crippen molar-refractivity contribution in [2.24, 2.45) is 45.5 Å². The minimum Gasteiger partial charge on any atom is -0.478 e. The number of aliphatic hydroxyl groups excluding tert-OH is 1. The number of carbonyl (C=O) groups excluding carboxylic acids is 1. The number of hydrogen-bond donors (Lipinski definition) is 4. The maximum atomic E-state index is 12.6. The second kappa shape index (κ2) is 9.65. The molecule has 0 amide bonds. The van der Waals surface area contributed by atoms with Crippen LogP contribution in [0.5, 0.6) is 0 Å². The van der Waals surface area contributed by atoms with Crippen molar-refractivity contribution in [2.75, 3.05) is 0 Å². The largest absolute Gasteiger partial charge is 0.478 e. The van der Waals surface area contributed by atoms with Crippen LogP contribution in [0.4, 0.5) is 0 Å². The molecule has 0 bridgehead atoms. The lowest BCUT2D eigenvalue weighted by atomic mass is 9.36. The molecule has 37 heavy (non-hydrogen) atoms. The van der Waals surface area contributed by atoms with E-state index in [0.717, 1.165) is 24.8 Å². The summed E-state index contributed by atoms with van der Waals surface area (Å²) in [5.41, 5.74) is 15.0. The van der Waals surface area contributed by atoms with Gasteiger partial charge in [-0.15, -0.1) is 0 Å². The molecule has 206 valence electrons. The van der Waals surface area contributed by atoms with Gasteiger partial charge in [0.2, 0.25) is 0 Å². The first-order chi connectivity index (χ1) is 17.2. The summed E-state index contributed by atoms with van der Waals surface area (Å²) in [5, 5.41) is 20.9. The Labute approximate surface area is 221 Å². The van der Waals surface area contributed by atoms with Crippen LogP contribution in [0.15, 0.2) is 34.9 Å². The molecule has 4 aliphatic rings. The molecular formula is C30H46N2O5. The molecule has 10 atom stereocenters. The zero-order valence-electron chi connectivity index (χ0n) is 23.3. The van der Waals surface area contributed by atoms with Gasteiger partial charge in [-0.1, -0.05) is 38.5 Å². The summed E-state index contributed by atoms with van der Waals surface area (Å²) in [6.45, 7) is 12.2. The maximum absolute atomic E-state index is 12.6. The number of fused-ring (bicyclic) bond motifs is 5. The summed E-state index contributed by atoms with van der Waals surface area (Å²) < 4.78 is 5.86. The van der Waals surface area contributed by atoms with Gasteiger partial charge in [0, 0.05) is 19.0 Å². The number of aliphatic hydroxyl groups is 1. The Morgan fingerprint density at radius 2 is 1.73 bits per heavy atom. The van der Waals surface area contributed by atoms with E-state index in [-0.39, 0.29) is 51.7 Å². The van der Waals surface area contributed by atoms with Crippen LogP contribution in [0.25, 0.3) is 0 Å². The highest BCUT2D eigenvalue weighted by molar-refractivity contribution is 5.91. The van der Waals surface area contributed by atoms with E-state index < -0.39 is 24.1 Å². The van der Waals surface area contributed by atoms with E-state index >= 15 is 0 Å². The first-order valence-electron chi connectivity index (χ1n) is 13.8. The Kier molecular flexibility index (Phi) is 7.32. The van der Waals surface area contributed by atoms with Crippen LogP contribution in [0.3, 0.4) is 0 Å². The minimum absolute atomic E-state index is 0.110. The van der Waals surface area contributed by atoms with Crippen LogP contribution < -0.4 is 11.5 Å². The second-order valence-electron chi connectivity index (χ2n) is 13.2. The molecule has 7 nitrogen and oxygen atoms in total. The van der Waals surface area contributed by atoms with Crippen LogP contribution in [-0.2, 0) is 14.3 Å². The highest BCUT2D eigenvalue weighted by Crippen LogP contribution is 2.73. The third-order valence-electron chi connectivity index (χ3n) is 11.0. The standard InChI is InChI=1S/C30H46N2O5/c1-16(2)8-7-9-18(27(35)36)24-20-14-21(31)26-28(4)12-11-22(34)25(32)19(28)10-13-29(26,5)30(20,6)15-23(24)37-17(3)33/h7-9,19-23,25-26,34H,10-15,31-32H2,1-6H3,(H,35,36)/b9-7+,24-18-/t19-,20-,21-,22+,23-,25-,26-,28-,29-,30-/m0/s1. The molecule has 0 unspecified atom stereocenters. The van der Waals surface area contributed by atoms with E-state index in [0.29, 0.717) is 24.8 Å². The molecule has 6 N–H and O–H groups in total. The summed E-state index contributed by atoms with van der Waals surface area (Å²) in [6, 6.07) is -0.408. The molecule has 4 saturated carbocycles. The fraction of sp³-hybridized carbons (Fsp3) is 0.733. The van der Waals surface area contributed by atoms with Gasteiger partial charge in [-0.25, -0.2) is 4.79 Å². The van der Waals surface area contributed by atoms with Gasteiger partial charge in [0.05, 0.1) is 11.7 Å². The van der Waals surface area contributed by atoms with Crippen molar-refractivity contribution in [2.45, 2.75) is 104 Å². The van der Waals surface area contributed by atoms with Crippen molar-refractivity contribution >= 4 is 11.9 Å². The molecule has 4 fully saturated rings. The zero-order chi connectivity index (χ0) is 27.5. The molecule has 0 aromatic carbocycles. The van der Waals surface area contributed by atoms with Gasteiger partial charge in [-0.3, -0.25) is 4.79 Å². The van der Waals surface area contributed by atoms with Crippen molar-refractivity contribution in [3.63, 3.8) is 0 Å². The smallest absolute Gasteiger partial charge is 0.335 e. The van der Waals surface area contributed by atoms with Gasteiger partial charge in [0.25, 0.3) is 0 Å². The lowest BCUT2D eigenvalue weighted by Crippen LogP contribution is -2.69. The number of carbonyl (C=O) groups is 2. The van der Waals surface area contributed by atoms with Crippen molar-refractivity contribution in [1.29, 1.82) is 0 Å². The van der Waals surface area contributed by atoms with Gasteiger partial charge < -0.3 is 26.4 Å². The lowest BCUT2D eigenvalue weighted by molar-refractivity contribution is -0.196. The SMILES string of the molecule is CC(=O)O[C@H]1C[C@@]2(C)[C@@H](C[C@H](N)[C@H]3[C@@]4(C)CC[C@@H](O)[C@@H](N)[C@@H]4CC[C@@]32C)/C1=C(\C=C\C=C(C)C)C(=O)O. The fourth-order valence-corrected chi connectivity index (χ4v) is 9.32. The molecule has 0 saturated heterocycles. The van der Waals surface area contributed by atoms with E-state index in [1.165, 1.54) is 6.92 Å². The van der Waals surface area contributed by atoms with Crippen molar-refractivity contribution in [3.05, 3.63) is 34.9 Å². The molecule has 0 aromatic rings. The quantitative estimate of drug-likeness (QED) is 0.252. The average Bonchev–Trinajstić information content (AvgIpc) is 3.05. The van der Waals surface area contributed by atoms with Crippen LogP contribution in [0.2, 0.25) is 0 Å². The van der Waals surface area contributed by atoms with Crippen molar-refractivity contribution < 1.29 is 24.5 Å². The number of rotatable bonds is 4. The fourth-order valence-electron chi connectivity index (χ4n) is 9.32. The molecular weight excluding hydrogens is 468 g/mol. The Hall–Kier alpha value is -1.96. The van der Waals surface area contributed by atoms with E-state index in [2.05, 4.69) is 20.8 Å². The van der Waals surface area contributed by atoms with Crippen molar-refractivity contribution in [3.8, 4) is 0 Å². The third kappa shape index (κ3) is 4.31. The molecule has 0 radical (unpaired) electrons. The van der Waals surface area contributed by atoms with Gasteiger partial charge in [-0.05, 0) is 98.0 Å². The maximum Gasteiger partial charge on any atom is 0.335 e. The summed E-state index contributed by atoms with van der Waals surface area (Å²) in [5.74, 6) is -1.16. The number of ether oxygens (including phenoxy) is 1. The summed E-state index contributed by atoms with van der Waals surface area (Å²) in [7, 11) is 0. The number of nitrogens with two attached hydrogens (primary N) is 2. The average molecular weight is 515 g/mol. The monoisotopic (exact) mass is 514 g/mol. The molecule has 4 rings (SSSR count). The second-order valence-corrected chi connectivity index (χ2v) is 13.2. The number of aliphatic carboxylic acids is 1. The van der Waals surface area contributed by atoms with Crippen LogP contribution in [0.1, 0.15) is 80.1 Å². The van der Waals surface area contributed by atoms with E-state index in [1.807, 2.05) is 19.9 Å². The predicted octanol–water partition coefficient (Wildman–Crippen LogP) is 4.10. The van der Waals surface area contributed by atoms with Crippen LogP contribution >= 0.6 is 0 Å². The van der Waals surface area contributed by atoms with Gasteiger partial charge in [0.15, 0.2) is 0 Å². The van der Waals surface area contributed by atoms with E-state index in [9.17, 15) is 19.8 Å². The summed E-state index contributed by atoms with van der Waals surface area (Å²) >= 11 is 0. The van der Waals surface area contributed by atoms with Crippen LogP contribution in [-0.4, -0.2) is 46.4 Å². The van der Waals surface area contributed by atoms with Gasteiger partial charge >= 0.3 is 11.9 Å².